The molecule has 5 nitrogen and oxygen atoms in total. The number of sulfonamides is 1. The highest BCUT2D eigenvalue weighted by molar-refractivity contribution is 7.92. The normalized spacial score (nSPS) is 12.3. The van der Waals surface area contributed by atoms with Crippen molar-refractivity contribution < 1.29 is 13.2 Å². The van der Waals surface area contributed by atoms with E-state index >= 15 is 0 Å². The van der Waals surface area contributed by atoms with Gasteiger partial charge in [-0.3, -0.25) is 9.10 Å². The second kappa shape index (κ2) is 9.79. The second-order valence-electron chi connectivity index (χ2n) is 8.75. The van der Waals surface area contributed by atoms with Gasteiger partial charge < -0.3 is 5.32 Å². The maximum absolute atomic E-state index is 13.5. The van der Waals surface area contributed by atoms with Crippen molar-refractivity contribution in [3.63, 3.8) is 0 Å². The molecule has 1 atom stereocenters. The molecule has 0 aliphatic carbocycles. The zero-order valence-electron chi connectivity index (χ0n) is 20.1. The van der Waals surface area contributed by atoms with Crippen molar-refractivity contribution in [1.29, 1.82) is 0 Å². The molecular weight excluding hydrogens is 432 g/mol. The quantitative estimate of drug-likeness (QED) is 0.516. The summed E-state index contributed by atoms with van der Waals surface area (Å²) < 4.78 is 28.2. The fourth-order valence-electron chi connectivity index (χ4n) is 3.88. The number of rotatable bonds is 7. The minimum Gasteiger partial charge on any atom is -0.348 e. The van der Waals surface area contributed by atoms with Crippen LogP contribution in [0.2, 0.25) is 0 Å². The molecule has 174 valence electrons. The fraction of sp³-hybridized carbons (Fsp3) is 0.296. The highest BCUT2D eigenvalue weighted by Crippen LogP contribution is 2.26. The van der Waals surface area contributed by atoms with Crippen molar-refractivity contribution in [3.05, 3.63) is 94.0 Å². The molecule has 0 heterocycles. The Hall–Kier alpha value is -3.12. The molecular formula is C27H32N2O3S. The van der Waals surface area contributed by atoms with Gasteiger partial charge in [0.05, 0.1) is 16.6 Å². The Bertz CT molecular complexity index is 1270. The Labute approximate surface area is 197 Å². The molecule has 1 unspecified atom stereocenters. The lowest BCUT2D eigenvalue weighted by Gasteiger charge is -2.26. The van der Waals surface area contributed by atoms with Crippen molar-refractivity contribution in [3.8, 4) is 0 Å². The standard InChI is InChI=1S/C27H32N2O3S/c1-18-10-12-25(13-11-18)33(31,32)29(24-9-7-8-19(2)14-24)17-27(30)28-23(6)26-16-21(4)20(3)15-22(26)5/h7-16,23H,17H2,1-6H3,(H,28,30). The van der Waals surface area contributed by atoms with E-state index in [1.807, 2.05) is 40.7 Å². The van der Waals surface area contributed by atoms with Crippen LogP contribution in [0.15, 0.2) is 65.6 Å². The van der Waals surface area contributed by atoms with Gasteiger partial charge in [-0.05, 0) is 93.6 Å². The van der Waals surface area contributed by atoms with Crippen molar-refractivity contribution in [2.24, 2.45) is 0 Å². The van der Waals surface area contributed by atoms with Gasteiger partial charge in [0, 0.05) is 0 Å². The topological polar surface area (TPSA) is 66.5 Å². The van der Waals surface area contributed by atoms with Gasteiger partial charge in [-0.25, -0.2) is 8.42 Å². The smallest absolute Gasteiger partial charge is 0.264 e. The Balaban J connectivity index is 1.91. The molecule has 33 heavy (non-hydrogen) atoms. The number of anilines is 1. The van der Waals surface area contributed by atoms with E-state index in [9.17, 15) is 13.2 Å². The zero-order valence-corrected chi connectivity index (χ0v) is 21.0. The summed E-state index contributed by atoms with van der Waals surface area (Å²) in [5, 5.41) is 2.99. The Morgan fingerprint density at radius 3 is 2.12 bits per heavy atom. The van der Waals surface area contributed by atoms with Crippen LogP contribution in [0.4, 0.5) is 5.69 Å². The molecule has 3 aromatic carbocycles. The Kier molecular flexibility index (Phi) is 7.28. The van der Waals surface area contributed by atoms with Crippen molar-refractivity contribution in [1.82, 2.24) is 5.32 Å². The molecule has 0 saturated heterocycles. The summed E-state index contributed by atoms with van der Waals surface area (Å²) in [4.78, 5) is 13.2. The average molecular weight is 465 g/mol. The molecule has 1 amide bonds. The van der Waals surface area contributed by atoms with Gasteiger partial charge in [0.1, 0.15) is 6.54 Å². The van der Waals surface area contributed by atoms with E-state index < -0.39 is 10.0 Å². The monoisotopic (exact) mass is 464 g/mol. The lowest BCUT2D eigenvalue weighted by molar-refractivity contribution is -0.120. The predicted octanol–water partition coefficient (Wildman–Crippen LogP) is 5.30. The molecule has 0 bridgehead atoms. The summed E-state index contributed by atoms with van der Waals surface area (Å²) in [6.07, 6.45) is 0. The van der Waals surface area contributed by atoms with Crippen molar-refractivity contribution in [2.75, 3.05) is 10.8 Å². The second-order valence-corrected chi connectivity index (χ2v) is 10.6. The van der Waals surface area contributed by atoms with Crippen molar-refractivity contribution >= 4 is 21.6 Å². The first-order valence-electron chi connectivity index (χ1n) is 11.0. The van der Waals surface area contributed by atoms with Crippen LogP contribution in [0.25, 0.3) is 0 Å². The van der Waals surface area contributed by atoms with Crippen LogP contribution in [-0.4, -0.2) is 20.9 Å². The van der Waals surface area contributed by atoms with E-state index in [1.165, 1.54) is 9.87 Å². The van der Waals surface area contributed by atoms with Crippen LogP contribution in [0, 0.1) is 34.6 Å². The number of nitrogens with zero attached hydrogens (tertiary/aromatic N) is 1. The maximum atomic E-state index is 13.5. The van der Waals surface area contributed by atoms with E-state index in [4.69, 9.17) is 0 Å². The lowest BCUT2D eigenvalue weighted by Crippen LogP contribution is -2.41. The van der Waals surface area contributed by atoms with E-state index in [0.29, 0.717) is 5.69 Å². The third-order valence-corrected chi connectivity index (χ3v) is 7.70. The number of hydrogen-bond acceptors (Lipinski definition) is 3. The number of amides is 1. The number of benzene rings is 3. The van der Waals surface area contributed by atoms with E-state index in [1.54, 1.807) is 42.5 Å². The average Bonchev–Trinajstić information content (AvgIpc) is 2.74. The van der Waals surface area contributed by atoms with Crippen LogP contribution in [0.3, 0.4) is 0 Å². The highest BCUT2D eigenvalue weighted by Gasteiger charge is 2.28. The van der Waals surface area contributed by atoms with Crippen LogP contribution in [-0.2, 0) is 14.8 Å². The molecule has 0 radical (unpaired) electrons. The summed E-state index contributed by atoms with van der Waals surface area (Å²) >= 11 is 0. The first kappa shape index (κ1) is 24.5. The molecule has 3 rings (SSSR count). The van der Waals surface area contributed by atoms with Crippen molar-refractivity contribution in [2.45, 2.75) is 52.5 Å². The van der Waals surface area contributed by atoms with Crippen LogP contribution in [0.1, 0.15) is 46.3 Å². The number of aryl methyl sites for hydroxylation is 5. The highest BCUT2D eigenvalue weighted by atomic mass is 32.2. The molecule has 1 N–H and O–H groups in total. The molecule has 0 saturated carbocycles. The summed E-state index contributed by atoms with van der Waals surface area (Å²) in [6.45, 7) is 11.5. The minimum absolute atomic E-state index is 0.153. The van der Waals surface area contributed by atoms with Gasteiger partial charge in [-0.15, -0.1) is 0 Å². The summed E-state index contributed by atoms with van der Waals surface area (Å²) in [6, 6.07) is 17.8. The minimum atomic E-state index is -3.93. The zero-order chi connectivity index (χ0) is 24.3. The van der Waals surface area contributed by atoms with Crippen LogP contribution < -0.4 is 9.62 Å². The third kappa shape index (κ3) is 5.63. The van der Waals surface area contributed by atoms with Gasteiger partial charge in [-0.2, -0.15) is 0 Å². The van der Waals surface area contributed by atoms with Gasteiger partial charge in [0.2, 0.25) is 5.91 Å². The van der Waals surface area contributed by atoms with Crippen LogP contribution in [0.5, 0.6) is 0 Å². The van der Waals surface area contributed by atoms with E-state index in [0.717, 1.165) is 27.8 Å². The van der Waals surface area contributed by atoms with E-state index in [-0.39, 0.29) is 23.4 Å². The summed E-state index contributed by atoms with van der Waals surface area (Å²) in [5.74, 6) is -0.364. The molecule has 0 fully saturated rings. The summed E-state index contributed by atoms with van der Waals surface area (Å²) in [5.41, 5.74) is 6.80. The molecule has 0 aromatic heterocycles. The van der Waals surface area contributed by atoms with E-state index in [2.05, 4.69) is 24.4 Å². The number of nitrogens with one attached hydrogen (secondary N) is 1. The molecule has 6 heteroatoms. The summed E-state index contributed by atoms with van der Waals surface area (Å²) in [7, 11) is -3.93. The number of hydrogen-bond donors (Lipinski definition) is 1. The third-order valence-electron chi connectivity index (χ3n) is 5.91. The Morgan fingerprint density at radius 2 is 1.48 bits per heavy atom. The SMILES string of the molecule is Cc1ccc(S(=O)(=O)N(CC(=O)NC(C)c2cc(C)c(C)cc2C)c2cccc(C)c2)cc1. The molecule has 0 spiro atoms. The molecule has 3 aromatic rings. The van der Waals surface area contributed by atoms with Crippen LogP contribution >= 0.6 is 0 Å². The first-order chi connectivity index (χ1) is 15.5. The maximum Gasteiger partial charge on any atom is 0.264 e. The molecule has 0 aliphatic rings. The largest absolute Gasteiger partial charge is 0.348 e. The van der Waals surface area contributed by atoms with Gasteiger partial charge in [-0.1, -0.05) is 42.0 Å². The number of carbonyl (C=O) groups excluding carboxylic acids is 1. The lowest BCUT2D eigenvalue weighted by atomic mass is 9.96. The predicted molar refractivity (Wildman–Crippen MR) is 134 cm³/mol. The first-order valence-corrected chi connectivity index (χ1v) is 12.5. The fourth-order valence-corrected chi connectivity index (χ4v) is 5.29. The van der Waals surface area contributed by atoms with Gasteiger partial charge >= 0.3 is 0 Å². The van der Waals surface area contributed by atoms with Gasteiger partial charge in [0.25, 0.3) is 10.0 Å². The molecule has 0 aliphatic heterocycles. The number of carbonyl (C=O) groups is 1. The Morgan fingerprint density at radius 1 is 0.848 bits per heavy atom. The van der Waals surface area contributed by atoms with Gasteiger partial charge in [0.15, 0.2) is 0 Å².